The minimum absolute atomic E-state index is 0.254. The summed E-state index contributed by atoms with van der Waals surface area (Å²) in [5, 5.41) is 12.5. The molecule has 0 radical (unpaired) electrons. The van der Waals surface area contributed by atoms with E-state index in [0.29, 0.717) is 11.3 Å². The molecular weight excluding hydrogens is 336 g/mol. The quantitative estimate of drug-likeness (QED) is 0.874. The number of carbonyl (C=O) groups is 1. The van der Waals surface area contributed by atoms with Crippen LogP contribution in [-0.2, 0) is 9.53 Å². The molecule has 1 amide bonds. The summed E-state index contributed by atoms with van der Waals surface area (Å²) in [6, 6.07) is 3.71. The molecule has 0 aliphatic carbocycles. The second-order valence-corrected chi connectivity index (χ2v) is 6.51. The van der Waals surface area contributed by atoms with Gasteiger partial charge in [0.05, 0.1) is 11.8 Å². The third kappa shape index (κ3) is 2.93. The highest BCUT2D eigenvalue weighted by atomic mass is 79.9. The Morgan fingerprint density at radius 2 is 2.29 bits per heavy atom. The van der Waals surface area contributed by atoms with Crippen molar-refractivity contribution < 1.29 is 14.6 Å². The Morgan fingerprint density at radius 3 is 3.00 bits per heavy atom. The number of hydrogen-bond acceptors (Lipinski definition) is 4. The van der Waals surface area contributed by atoms with E-state index < -0.39 is 6.10 Å². The van der Waals surface area contributed by atoms with Crippen LogP contribution in [0, 0.1) is 0 Å². The smallest absolute Gasteiger partial charge is 0.257 e. The fraction of sp³-hybridized carbons (Fsp3) is 0.533. The highest BCUT2D eigenvalue weighted by Crippen LogP contribution is 2.38. The molecule has 1 saturated heterocycles. The number of ether oxygens (including phenoxy) is 1. The van der Waals surface area contributed by atoms with Crippen LogP contribution in [0.3, 0.4) is 0 Å². The van der Waals surface area contributed by atoms with Crippen LogP contribution in [0.1, 0.15) is 30.9 Å². The highest BCUT2D eigenvalue weighted by Gasteiger charge is 2.30. The predicted molar refractivity (Wildman–Crippen MR) is 84.6 cm³/mol. The highest BCUT2D eigenvalue weighted by molar-refractivity contribution is 9.10. The molecule has 2 unspecified atom stereocenters. The Balaban J connectivity index is 1.79. The number of amides is 1. The van der Waals surface area contributed by atoms with E-state index in [1.54, 1.807) is 0 Å². The number of rotatable bonds is 3. The summed E-state index contributed by atoms with van der Waals surface area (Å²) in [4.78, 5) is 13.7. The number of benzene rings is 1. The lowest BCUT2D eigenvalue weighted by Gasteiger charge is -2.29. The van der Waals surface area contributed by atoms with Gasteiger partial charge in [-0.15, -0.1) is 0 Å². The lowest BCUT2D eigenvalue weighted by atomic mass is 10.1. The lowest BCUT2D eigenvalue weighted by molar-refractivity contribution is -0.123. The van der Waals surface area contributed by atoms with Crippen molar-refractivity contribution in [2.75, 3.05) is 30.4 Å². The van der Waals surface area contributed by atoms with Gasteiger partial charge in [-0.1, -0.05) is 0 Å². The molecule has 3 rings (SSSR count). The van der Waals surface area contributed by atoms with E-state index in [1.165, 1.54) is 6.42 Å². The van der Waals surface area contributed by atoms with Crippen LogP contribution in [-0.4, -0.2) is 37.3 Å². The molecular formula is C15H19BrN2O3. The Kier molecular flexibility index (Phi) is 4.19. The molecule has 2 heterocycles. The Labute approximate surface area is 132 Å². The standard InChI is InChI=1S/C15H19BrN2O3/c1-18(8-9-4-2-3-5-21-9)13-7-12-10(6-11(13)16)14(19)15(20)17-12/h6-7,9,14,19H,2-5,8H2,1H3,(H,17,20). The maximum atomic E-state index is 11.5. The number of hydrogen-bond donors (Lipinski definition) is 2. The van der Waals surface area contributed by atoms with E-state index in [2.05, 4.69) is 26.1 Å². The largest absolute Gasteiger partial charge is 0.378 e. The molecule has 21 heavy (non-hydrogen) atoms. The zero-order valence-electron chi connectivity index (χ0n) is 11.9. The van der Waals surface area contributed by atoms with Gasteiger partial charge in [0.25, 0.3) is 5.91 Å². The van der Waals surface area contributed by atoms with Gasteiger partial charge in [0.2, 0.25) is 0 Å². The number of fused-ring (bicyclic) bond motifs is 1. The van der Waals surface area contributed by atoms with Gasteiger partial charge in [0, 0.05) is 35.9 Å². The lowest BCUT2D eigenvalue weighted by Crippen LogP contribution is -2.33. The molecule has 0 spiro atoms. The van der Waals surface area contributed by atoms with Gasteiger partial charge < -0.3 is 20.1 Å². The first-order valence-corrected chi connectivity index (χ1v) is 8.00. The summed E-state index contributed by atoms with van der Waals surface area (Å²) in [5.74, 6) is -0.368. The van der Waals surface area contributed by atoms with Gasteiger partial charge in [-0.3, -0.25) is 4.79 Å². The van der Waals surface area contributed by atoms with Crippen molar-refractivity contribution in [1.29, 1.82) is 0 Å². The molecule has 1 aromatic rings. The number of nitrogens with zero attached hydrogens (tertiary/aromatic N) is 1. The molecule has 5 nitrogen and oxygen atoms in total. The second-order valence-electron chi connectivity index (χ2n) is 5.65. The Bertz CT molecular complexity index is 558. The van der Waals surface area contributed by atoms with Crippen LogP contribution < -0.4 is 10.2 Å². The molecule has 2 aliphatic rings. The summed E-state index contributed by atoms with van der Waals surface area (Å²) in [7, 11) is 2.01. The fourth-order valence-corrected chi connectivity index (χ4v) is 3.57. The normalized spacial score (nSPS) is 24.6. The van der Waals surface area contributed by atoms with Crippen molar-refractivity contribution in [2.24, 2.45) is 0 Å². The van der Waals surface area contributed by atoms with E-state index in [4.69, 9.17) is 4.74 Å². The maximum absolute atomic E-state index is 11.5. The predicted octanol–water partition coefficient (Wildman–Crippen LogP) is 2.44. The van der Waals surface area contributed by atoms with E-state index >= 15 is 0 Å². The SMILES string of the molecule is CN(CC1CCCCO1)c1cc2c(cc1Br)C(O)C(=O)N2. The van der Waals surface area contributed by atoms with Crippen molar-refractivity contribution in [2.45, 2.75) is 31.5 Å². The first-order valence-electron chi connectivity index (χ1n) is 7.21. The van der Waals surface area contributed by atoms with Crippen molar-refractivity contribution in [1.82, 2.24) is 0 Å². The molecule has 114 valence electrons. The number of aliphatic hydroxyl groups is 1. The second kappa shape index (κ2) is 5.94. The summed E-state index contributed by atoms with van der Waals surface area (Å²) in [5.41, 5.74) is 2.29. The molecule has 2 atom stereocenters. The topological polar surface area (TPSA) is 61.8 Å². The third-order valence-corrected chi connectivity index (χ3v) is 4.72. The van der Waals surface area contributed by atoms with Crippen LogP contribution in [0.2, 0.25) is 0 Å². The van der Waals surface area contributed by atoms with Crippen LogP contribution >= 0.6 is 15.9 Å². The minimum atomic E-state index is -1.07. The van der Waals surface area contributed by atoms with Crippen molar-refractivity contribution in [3.05, 3.63) is 22.2 Å². The van der Waals surface area contributed by atoms with Gasteiger partial charge in [0.1, 0.15) is 0 Å². The molecule has 1 aromatic carbocycles. The molecule has 0 aromatic heterocycles. The maximum Gasteiger partial charge on any atom is 0.257 e. The number of carbonyl (C=O) groups excluding carboxylic acids is 1. The van der Waals surface area contributed by atoms with Crippen LogP contribution in [0.5, 0.6) is 0 Å². The zero-order chi connectivity index (χ0) is 15.0. The Morgan fingerprint density at radius 1 is 1.48 bits per heavy atom. The molecule has 2 N–H and O–H groups in total. The number of nitrogens with one attached hydrogen (secondary N) is 1. The number of halogens is 1. The number of likely N-dealkylation sites (N-methyl/N-ethyl adjacent to an activating group) is 1. The van der Waals surface area contributed by atoms with Crippen LogP contribution in [0.25, 0.3) is 0 Å². The molecule has 0 bridgehead atoms. The van der Waals surface area contributed by atoms with Gasteiger partial charge in [-0.2, -0.15) is 0 Å². The summed E-state index contributed by atoms with van der Waals surface area (Å²) in [6.07, 6.45) is 2.63. The fourth-order valence-electron chi connectivity index (χ4n) is 2.90. The number of anilines is 2. The van der Waals surface area contributed by atoms with Gasteiger partial charge in [0.15, 0.2) is 6.10 Å². The van der Waals surface area contributed by atoms with E-state index in [-0.39, 0.29) is 12.0 Å². The molecule has 1 fully saturated rings. The molecule has 6 heteroatoms. The average molecular weight is 355 g/mol. The van der Waals surface area contributed by atoms with Crippen LogP contribution in [0.4, 0.5) is 11.4 Å². The number of aliphatic hydroxyl groups excluding tert-OH is 1. The van der Waals surface area contributed by atoms with E-state index in [1.807, 2.05) is 19.2 Å². The Hall–Kier alpha value is -1.11. The van der Waals surface area contributed by atoms with Gasteiger partial charge in [-0.05, 0) is 47.3 Å². The van der Waals surface area contributed by atoms with Crippen LogP contribution in [0.15, 0.2) is 16.6 Å². The first-order chi connectivity index (χ1) is 10.1. The first kappa shape index (κ1) is 14.8. The molecule has 2 aliphatic heterocycles. The summed E-state index contributed by atoms with van der Waals surface area (Å²) < 4.78 is 6.64. The van der Waals surface area contributed by atoms with E-state index in [0.717, 1.165) is 36.2 Å². The van der Waals surface area contributed by atoms with Gasteiger partial charge in [-0.25, -0.2) is 0 Å². The minimum Gasteiger partial charge on any atom is -0.378 e. The monoisotopic (exact) mass is 354 g/mol. The van der Waals surface area contributed by atoms with Gasteiger partial charge >= 0.3 is 0 Å². The average Bonchev–Trinajstić information content (AvgIpc) is 2.74. The van der Waals surface area contributed by atoms with Crippen molar-refractivity contribution >= 4 is 33.2 Å². The summed E-state index contributed by atoms with van der Waals surface area (Å²) in [6.45, 7) is 1.65. The van der Waals surface area contributed by atoms with Crippen molar-refractivity contribution in [3.8, 4) is 0 Å². The summed E-state index contributed by atoms with van der Waals surface area (Å²) >= 11 is 3.53. The van der Waals surface area contributed by atoms with E-state index in [9.17, 15) is 9.90 Å². The third-order valence-electron chi connectivity index (χ3n) is 4.08. The zero-order valence-corrected chi connectivity index (χ0v) is 13.5. The molecule has 0 saturated carbocycles. The van der Waals surface area contributed by atoms with Crippen molar-refractivity contribution in [3.63, 3.8) is 0 Å².